The molecule has 248 valence electrons. The summed E-state index contributed by atoms with van der Waals surface area (Å²) in [7, 11) is 0. The maximum Gasteiger partial charge on any atom is -1.00 e. The molecule has 0 spiro atoms. The topological polar surface area (TPSA) is 0 Å². The Kier molecular flexibility index (Phi) is 9.49. The van der Waals surface area contributed by atoms with E-state index in [2.05, 4.69) is 116 Å². The van der Waals surface area contributed by atoms with Crippen molar-refractivity contribution in [2.45, 2.75) is 159 Å². The van der Waals surface area contributed by atoms with E-state index < -0.39 is 21.3 Å². The molecule has 0 amide bonds. The zero-order chi connectivity index (χ0) is 31.6. The van der Waals surface area contributed by atoms with E-state index in [4.69, 9.17) is 0 Å². The summed E-state index contributed by atoms with van der Waals surface area (Å²) in [6.07, 6.45) is 17.3. The summed E-state index contributed by atoms with van der Waals surface area (Å²) >= 11 is -2.09. The van der Waals surface area contributed by atoms with Crippen LogP contribution in [-0.2, 0) is 49.3 Å². The van der Waals surface area contributed by atoms with Gasteiger partial charge in [0, 0.05) is 0 Å². The SMILES string of the molecule is CC(C)(C)C1=CC[C]([Zr+2](=[C]2CCCC2)[CH]2CC(C)(C)c3cc4c(cc3C2(C)C)Cc2cc3c(cc2-4)C(C)(C)CCC3(C)C)=C1.[Cl-].[Cl-]. The smallest absolute Gasteiger partial charge is 1.00 e. The Balaban J connectivity index is 0.00000208. The van der Waals surface area contributed by atoms with Crippen LogP contribution in [0.4, 0.5) is 0 Å². The number of rotatable bonds is 2. The molecule has 0 radical (unpaired) electrons. The summed E-state index contributed by atoms with van der Waals surface area (Å²) in [5.41, 5.74) is 15.6. The van der Waals surface area contributed by atoms with Crippen LogP contribution in [0, 0.1) is 5.41 Å². The van der Waals surface area contributed by atoms with Gasteiger partial charge in [-0.05, 0) is 0 Å². The molecule has 0 saturated heterocycles. The summed E-state index contributed by atoms with van der Waals surface area (Å²) in [4.78, 5) is 0. The van der Waals surface area contributed by atoms with Crippen LogP contribution >= 0.6 is 0 Å². The van der Waals surface area contributed by atoms with Crippen molar-refractivity contribution in [3.8, 4) is 11.1 Å². The first kappa shape index (κ1) is 36.5. The molecule has 7 rings (SSSR count). The molecule has 0 nitrogen and oxygen atoms in total. The molecule has 1 saturated carbocycles. The van der Waals surface area contributed by atoms with Crippen molar-refractivity contribution < 1.29 is 46.1 Å². The molecule has 46 heavy (non-hydrogen) atoms. The molecule has 0 N–H and O–H groups in total. The van der Waals surface area contributed by atoms with E-state index in [1.807, 2.05) is 3.28 Å². The maximum absolute atomic E-state index is 2.73. The van der Waals surface area contributed by atoms with Gasteiger partial charge in [-0.1, -0.05) is 0 Å². The molecule has 0 bridgehead atoms. The first-order chi connectivity index (χ1) is 20.4. The predicted molar refractivity (Wildman–Crippen MR) is 188 cm³/mol. The molecule has 0 aliphatic heterocycles. The van der Waals surface area contributed by atoms with Crippen LogP contribution in [0.25, 0.3) is 11.1 Å². The minimum atomic E-state index is -2.09. The quantitative estimate of drug-likeness (QED) is 0.304. The number of hydrogen-bond donors (Lipinski definition) is 0. The van der Waals surface area contributed by atoms with Crippen molar-refractivity contribution in [2.75, 3.05) is 0 Å². The molecule has 5 aliphatic rings. The average Bonchev–Trinajstić information content (AvgIpc) is 3.69. The van der Waals surface area contributed by atoms with Gasteiger partial charge in [0.05, 0.1) is 0 Å². The fourth-order valence-corrected chi connectivity index (χ4v) is 21.0. The van der Waals surface area contributed by atoms with Gasteiger partial charge in [0.2, 0.25) is 0 Å². The van der Waals surface area contributed by atoms with E-state index in [-0.39, 0.29) is 51.9 Å². The van der Waals surface area contributed by atoms with Crippen molar-refractivity contribution in [3.05, 3.63) is 78.7 Å². The molecule has 1 atom stereocenters. The summed E-state index contributed by atoms with van der Waals surface area (Å²) in [6, 6.07) is 10.7. The fourth-order valence-electron chi connectivity index (χ4n) is 9.93. The summed E-state index contributed by atoms with van der Waals surface area (Å²) in [5, 5.41) is 0. The van der Waals surface area contributed by atoms with E-state index in [9.17, 15) is 0 Å². The van der Waals surface area contributed by atoms with Crippen LogP contribution < -0.4 is 24.8 Å². The van der Waals surface area contributed by atoms with Gasteiger partial charge in [0.15, 0.2) is 0 Å². The van der Waals surface area contributed by atoms with Crippen molar-refractivity contribution in [1.82, 2.24) is 0 Å². The molecule has 3 heteroatoms. The molecule has 2 aromatic rings. The van der Waals surface area contributed by atoms with Crippen LogP contribution in [0.5, 0.6) is 0 Å². The van der Waals surface area contributed by atoms with E-state index >= 15 is 0 Å². The van der Waals surface area contributed by atoms with Gasteiger partial charge in [-0.3, -0.25) is 0 Å². The standard InChI is InChI=1S/C29H37.C9H13.C5H8.2ClH.Zr/c1-26(2)9-11-28(5,6)24-16-20-18(14-22(24)26)13-19-15-23-25(17-21(19)20)29(7,8)12-10-27(23,3)4;1-9(2,3)8-6-4-5-7-8;1-2-4-5-3-1;;;/h9,14-17H,10-13H2,1-8H3;6-7H,4H2,1-3H3;1-4H2;2*1H;/q;;;;;+2/p-2. The van der Waals surface area contributed by atoms with E-state index in [0.717, 1.165) is 10.0 Å². The van der Waals surface area contributed by atoms with Crippen LogP contribution in [-0.4, -0.2) is 3.21 Å². The number of allylic oxidation sites excluding steroid dienone is 4. The Hall–Kier alpha value is -0.747. The van der Waals surface area contributed by atoms with Gasteiger partial charge in [0.1, 0.15) is 0 Å². The van der Waals surface area contributed by atoms with Gasteiger partial charge in [-0.15, -0.1) is 0 Å². The Morgan fingerprint density at radius 2 is 1.17 bits per heavy atom. The van der Waals surface area contributed by atoms with Gasteiger partial charge in [-0.25, -0.2) is 0 Å². The maximum atomic E-state index is 2.73. The molecule has 5 aliphatic carbocycles. The van der Waals surface area contributed by atoms with Crippen LogP contribution in [0.2, 0.25) is 3.63 Å². The monoisotopic (exact) mass is 734 g/mol. The molecule has 0 heterocycles. The van der Waals surface area contributed by atoms with Crippen molar-refractivity contribution >= 4 is 3.21 Å². The molecule has 1 unspecified atom stereocenters. The molecular weight excluding hydrogens is 679 g/mol. The number of benzene rings is 2. The second kappa shape index (κ2) is 11.9. The normalized spacial score (nSPS) is 24.2. The van der Waals surface area contributed by atoms with Crippen LogP contribution in [0.15, 0.2) is 45.3 Å². The van der Waals surface area contributed by atoms with Gasteiger partial charge in [-0.2, -0.15) is 0 Å². The van der Waals surface area contributed by atoms with Crippen molar-refractivity contribution in [1.29, 1.82) is 0 Å². The molecule has 2 aromatic carbocycles. The van der Waals surface area contributed by atoms with Gasteiger partial charge >= 0.3 is 279 Å². The van der Waals surface area contributed by atoms with Crippen LogP contribution in [0.1, 0.15) is 161 Å². The Labute approximate surface area is 301 Å². The Morgan fingerprint density at radius 3 is 1.70 bits per heavy atom. The molecule has 0 aromatic heterocycles. The minimum absolute atomic E-state index is 0. The van der Waals surface area contributed by atoms with E-state index in [0.29, 0.717) is 0 Å². The predicted octanol–water partition coefficient (Wildman–Crippen LogP) is 5.99. The number of hydrogen-bond acceptors (Lipinski definition) is 0. The van der Waals surface area contributed by atoms with Gasteiger partial charge < -0.3 is 24.8 Å². The average molecular weight is 737 g/mol. The van der Waals surface area contributed by atoms with E-state index in [1.165, 1.54) is 56.9 Å². The Morgan fingerprint density at radius 1 is 0.674 bits per heavy atom. The first-order valence-corrected chi connectivity index (χ1v) is 21.8. The largest absolute Gasteiger partial charge is 1.00 e. The van der Waals surface area contributed by atoms with Crippen LogP contribution in [0.3, 0.4) is 0 Å². The van der Waals surface area contributed by atoms with Crippen molar-refractivity contribution in [3.63, 3.8) is 0 Å². The second-order valence-electron chi connectivity index (χ2n) is 18.9. The summed E-state index contributed by atoms with van der Waals surface area (Å²) in [5.74, 6) is 0. The molecular formula is C43H58Cl2Zr. The van der Waals surface area contributed by atoms with Crippen molar-refractivity contribution in [2.24, 2.45) is 5.41 Å². The minimum Gasteiger partial charge on any atom is -1.00 e. The number of halogens is 2. The third-order valence-electron chi connectivity index (χ3n) is 13.0. The summed E-state index contributed by atoms with van der Waals surface area (Å²) < 4.78 is 4.80. The van der Waals surface area contributed by atoms with E-state index in [1.54, 1.807) is 44.5 Å². The second-order valence-corrected chi connectivity index (χ2v) is 26.0. The van der Waals surface area contributed by atoms with Gasteiger partial charge in [0.25, 0.3) is 0 Å². The molecule has 1 fully saturated rings. The number of fused-ring (bicyclic) bond motifs is 5. The zero-order valence-electron chi connectivity index (χ0n) is 30.7. The Bertz CT molecular complexity index is 1660. The third-order valence-corrected chi connectivity index (χ3v) is 22.7. The zero-order valence-corrected chi connectivity index (χ0v) is 34.6. The third kappa shape index (κ3) is 5.81. The first-order valence-electron chi connectivity index (χ1n) is 17.9. The summed E-state index contributed by atoms with van der Waals surface area (Å²) in [6.45, 7) is 27.6. The fraction of sp³-hybridized carbons (Fsp3) is 0.605.